The van der Waals surface area contributed by atoms with E-state index in [1.807, 2.05) is 12.1 Å². The van der Waals surface area contributed by atoms with Gasteiger partial charge in [-0.2, -0.15) is 0 Å². The predicted octanol–water partition coefficient (Wildman–Crippen LogP) is 2.55. The molecular weight excluding hydrogens is 256 g/mol. The second-order valence-electron chi connectivity index (χ2n) is 4.25. The van der Waals surface area contributed by atoms with Gasteiger partial charge >= 0.3 is 0 Å². The van der Waals surface area contributed by atoms with Crippen molar-refractivity contribution in [3.05, 3.63) is 24.0 Å². The van der Waals surface area contributed by atoms with E-state index in [9.17, 15) is 4.79 Å². The molecular formula is C11H11BrN2O. The van der Waals surface area contributed by atoms with Crippen molar-refractivity contribution in [3.63, 3.8) is 0 Å². The van der Waals surface area contributed by atoms with E-state index >= 15 is 0 Å². The summed E-state index contributed by atoms with van der Waals surface area (Å²) in [6.45, 7) is 0. The van der Waals surface area contributed by atoms with Crippen LogP contribution in [0.25, 0.3) is 0 Å². The molecule has 1 aliphatic heterocycles. The standard InChI is InChI=1S/C11H11BrN2O/c12-14-8-4-3-7-13-9(8)11(10(14)15)5-1-2-6-11/h3-4,7H,1-2,5-6H2. The summed E-state index contributed by atoms with van der Waals surface area (Å²) in [5.74, 6) is 0.161. The maximum atomic E-state index is 12.2. The minimum Gasteiger partial charge on any atom is -0.272 e. The topological polar surface area (TPSA) is 33.2 Å². The van der Waals surface area contributed by atoms with E-state index in [-0.39, 0.29) is 11.3 Å². The average molecular weight is 267 g/mol. The van der Waals surface area contributed by atoms with Crippen LogP contribution < -0.4 is 3.93 Å². The molecule has 0 aromatic carbocycles. The van der Waals surface area contributed by atoms with Crippen LogP contribution in [0.2, 0.25) is 0 Å². The van der Waals surface area contributed by atoms with E-state index < -0.39 is 0 Å². The number of hydrogen-bond acceptors (Lipinski definition) is 2. The highest BCUT2D eigenvalue weighted by molar-refractivity contribution is 9.10. The molecule has 1 aromatic rings. The van der Waals surface area contributed by atoms with Gasteiger partial charge in [0.25, 0.3) is 0 Å². The fraction of sp³-hybridized carbons (Fsp3) is 0.455. The molecule has 1 amide bonds. The number of rotatable bonds is 0. The summed E-state index contributed by atoms with van der Waals surface area (Å²) in [6.07, 6.45) is 5.92. The number of halogens is 1. The molecule has 78 valence electrons. The van der Waals surface area contributed by atoms with Crippen molar-refractivity contribution in [2.75, 3.05) is 3.93 Å². The highest BCUT2D eigenvalue weighted by Gasteiger charge is 2.52. The quantitative estimate of drug-likeness (QED) is 0.677. The summed E-state index contributed by atoms with van der Waals surface area (Å²) in [5, 5.41) is 0. The molecule has 2 aliphatic rings. The van der Waals surface area contributed by atoms with Gasteiger partial charge in [-0.15, -0.1) is 0 Å². The Morgan fingerprint density at radius 1 is 1.40 bits per heavy atom. The molecule has 3 nitrogen and oxygen atoms in total. The van der Waals surface area contributed by atoms with Crippen LogP contribution in [0.5, 0.6) is 0 Å². The molecule has 1 spiro atoms. The molecule has 1 fully saturated rings. The number of anilines is 1. The maximum Gasteiger partial charge on any atom is 0.249 e. The Bertz CT molecular complexity index is 426. The number of fused-ring (bicyclic) bond motifs is 2. The number of aromatic nitrogens is 1. The van der Waals surface area contributed by atoms with E-state index in [1.54, 1.807) is 10.1 Å². The van der Waals surface area contributed by atoms with Gasteiger partial charge in [-0.1, -0.05) is 12.8 Å². The second-order valence-corrected chi connectivity index (χ2v) is 4.96. The molecule has 0 radical (unpaired) electrons. The predicted molar refractivity (Wildman–Crippen MR) is 60.8 cm³/mol. The summed E-state index contributed by atoms with van der Waals surface area (Å²) in [4.78, 5) is 16.6. The summed E-state index contributed by atoms with van der Waals surface area (Å²) in [6, 6.07) is 3.82. The van der Waals surface area contributed by atoms with E-state index in [0.717, 1.165) is 37.1 Å². The van der Waals surface area contributed by atoms with Crippen LogP contribution >= 0.6 is 16.1 Å². The van der Waals surface area contributed by atoms with Gasteiger partial charge in [0, 0.05) is 6.20 Å². The molecule has 4 heteroatoms. The third-order valence-electron chi connectivity index (χ3n) is 3.50. The Labute approximate surface area is 96.8 Å². The zero-order valence-corrected chi connectivity index (χ0v) is 9.83. The van der Waals surface area contributed by atoms with Crippen LogP contribution in [-0.4, -0.2) is 10.9 Å². The zero-order chi connectivity index (χ0) is 10.5. The van der Waals surface area contributed by atoms with Gasteiger partial charge in [-0.25, -0.2) is 3.93 Å². The van der Waals surface area contributed by atoms with Crippen LogP contribution in [0.15, 0.2) is 18.3 Å². The van der Waals surface area contributed by atoms with Gasteiger partial charge in [0.15, 0.2) is 0 Å². The molecule has 3 rings (SSSR count). The van der Waals surface area contributed by atoms with Gasteiger partial charge in [0.1, 0.15) is 0 Å². The zero-order valence-electron chi connectivity index (χ0n) is 8.24. The van der Waals surface area contributed by atoms with Gasteiger partial charge < -0.3 is 0 Å². The van der Waals surface area contributed by atoms with Crippen LogP contribution in [0.1, 0.15) is 31.4 Å². The third-order valence-corrected chi connectivity index (χ3v) is 4.20. The highest BCUT2D eigenvalue weighted by Crippen LogP contribution is 2.51. The van der Waals surface area contributed by atoms with E-state index in [1.165, 1.54) is 0 Å². The fourth-order valence-electron chi connectivity index (χ4n) is 2.75. The second kappa shape index (κ2) is 3.04. The van der Waals surface area contributed by atoms with Crippen molar-refractivity contribution in [2.45, 2.75) is 31.1 Å². The molecule has 0 N–H and O–H groups in total. The maximum absolute atomic E-state index is 12.2. The number of amides is 1. The summed E-state index contributed by atoms with van der Waals surface area (Å²) < 4.78 is 1.58. The van der Waals surface area contributed by atoms with E-state index in [4.69, 9.17) is 0 Å². The highest BCUT2D eigenvalue weighted by atomic mass is 79.9. The first-order valence-corrected chi connectivity index (χ1v) is 5.92. The Balaban J connectivity index is 2.22. The fourth-order valence-corrected chi connectivity index (χ4v) is 3.38. The van der Waals surface area contributed by atoms with Gasteiger partial charge in [0.2, 0.25) is 5.91 Å². The molecule has 1 aliphatic carbocycles. The minimum atomic E-state index is -0.319. The first kappa shape index (κ1) is 9.33. The molecule has 1 aromatic heterocycles. The van der Waals surface area contributed by atoms with E-state index in [2.05, 4.69) is 21.1 Å². The van der Waals surface area contributed by atoms with Crippen molar-refractivity contribution in [1.82, 2.24) is 4.98 Å². The van der Waals surface area contributed by atoms with E-state index in [0.29, 0.717) is 0 Å². The molecule has 2 heterocycles. The lowest BCUT2D eigenvalue weighted by molar-refractivity contribution is -0.121. The first-order chi connectivity index (χ1) is 7.26. The van der Waals surface area contributed by atoms with Crippen LogP contribution in [-0.2, 0) is 10.2 Å². The number of carbonyl (C=O) groups is 1. The van der Waals surface area contributed by atoms with Crippen molar-refractivity contribution < 1.29 is 4.79 Å². The van der Waals surface area contributed by atoms with Crippen molar-refractivity contribution in [2.24, 2.45) is 0 Å². The molecule has 0 atom stereocenters. The smallest absolute Gasteiger partial charge is 0.249 e. The monoisotopic (exact) mass is 266 g/mol. The number of carbonyl (C=O) groups excluding carboxylic acids is 1. The minimum absolute atomic E-state index is 0.161. The molecule has 1 saturated carbocycles. The number of hydrogen-bond donors (Lipinski definition) is 0. The lowest BCUT2D eigenvalue weighted by Gasteiger charge is -2.19. The van der Waals surface area contributed by atoms with Crippen molar-refractivity contribution in [3.8, 4) is 0 Å². The molecule has 0 unspecified atom stereocenters. The molecule has 0 saturated heterocycles. The number of nitrogens with zero attached hydrogens (tertiary/aromatic N) is 2. The lowest BCUT2D eigenvalue weighted by atomic mass is 9.83. The Hall–Kier alpha value is -0.900. The summed E-state index contributed by atoms with van der Waals surface area (Å²) >= 11 is 3.33. The SMILES string of the molecule is O=C1N(Br)c2cccnc2C12CCCC2. The lowest BCUT2D eigenvalue weighted by Crippen LogP contribution is -2.34. The third kappa shape index (κ3) is 1.06. The van der Waals surface area contributed by atoms with Crippen LogP contribution in [0.3, 0.4) is 0 Å². The van der Waals surface area contributed by atoms with Gasteiger partial charge in [-0.05, 0) is 25.0 Å². The van der Waals surface area contributed by atoms with Crippen LogP contribution in [0, 0.1) is 0 Å². The summed E-state index contributed by atoms with van der Waals surface area (Å²) in [7, 11) is 0. The Morgan fingerprint density at radius 2 is 2.13 bits per heavy atom. The van der Waals surface area contributed by atoms with Gasteiger partial charge in [-0.3, -0.25) is 9.78 Å². The van der Waals surface area contributed by atoms with Gasteiger partial charge in [0.05, 0.1) is 32.9 Å². The summed E-state index contributed by atoms with van der Waals surface area (Å²) in [5.41, 5.74) is 1.56. The van der Waals surface area contributed by atoms with Crippen LogP contribution in [0.4, 0.5) is 5.69 Å². The first-order valence-electron chi connectivity index (χ1n) is 5.21. The molecule has 0 bridgehead atoms. The number of pyridine rings is 1. The van der Waals surface area contributed by atoms with Crippen molar-refractivity contribution in [1.29, 1.82) is 0 Å². The molecule has 15 heavy (non-hydrogen) atoms. The van der Waals surface area contributed by atoms with Crippen molar-refractivity contribution >= 4 is 27.7 Å². The Morgan fingerprint density at radius 3 is 2.87 bits per heavy atom. The normalized spacial score (nSPS) is 22.5. The average Bonchev–Trinajstić information content (AvgIpc) is 2.83. The Kier molecular flexibility index (Phi) is 1.89. The largest absolute Gasteiger partial charge is 0.272 e.